The maximum Gasteiger partial charge on any atom is 0.242 e. The maximum absolute atomic E-state index is 13.2. The predicted octanol–water partition coefficient (Wildman–Crippen LogP) is 5.32. The van der Waals surface area contributed by atoms with E-state index in [-0.39, 0.29) is 18.2 Å². The highest BCUT2D eigenvalue weighted by atomic mass is 35.5. The first-order valence-electron chi connectivity index (χ1n) is 11.0. The molecule has 0 aliphatic heterocycles. The summed E-state index contributed by atoms with van der Waals surface area (Å²) in [5.41, 5.74) is 2.82. The van der Waals surface area contributed by atoms with Crippen LogP contribution in [0.15, 0.2) is 72.8 Å². The van der Waals surface area contributed by atoms with Gasteiger partial charge in [-0.2, -0.15) is 0 Å². The van der Waals surface area contributed by atoms with Crippen LogP contribution < -0.4 is 10.1 Å². The van der Waals surface area contributed by atoms with Crippen molar-refractivity contribution in [2.75, 3.05) is 13.7 Å². The highest BCUT2D eigenvalue weighted by Gasteiger charge is 2.26. The van der Waals surface area contributed by atoms with Gasteiger partial charge in [0.25, 0.3) is 0 Å². The Kier molecular flexibility index (Phi) is 9.37. The minimum Gasteiger partial charge on any atom is -0.497 e. The Balaban J connectivity index is 1.66. The number of benzene rings is 3. The summed E-state index contributed by atoms with van der Waals surface area (Å²) in [7, 11) is 1.63. The normalized spacial score (nSPS) is 11.5. The third-order valence-corrected chi connectivity index (χ3v) is 6.08. The molecule has 1 N–H and O–H groups in total. The molecule has 0 saturated heterocycles. The number of nitrogens with one attached hydrogen (secondary N) is 1. The van der Waals surface area contributed by atoms with E-state index in [4.69, 9.17) is 27.9 Å². The molecule has 0 fully saturated rings. The van der Waals surface area contributed by atoms with E-state index in [0.717, 1.165) is 22.4 Å². The van der Waals surface area contributed by atoms with Crippen LogP contribution in [0.5, 0.6) is 5.75 Å². The number of hydrogen-bond donors (Lipinski definition) is 1. The predicted molar refractivity (Wildman–Crippen MR) is 136 cm³/mol. The molecule has 0 aliphatic rings. The number of nitrogens with zero attached hydrogens (tertiary/aromatic N) is 1. The number of rotatable bonds is 10. The van der Waals surface area contributed by atoms with Crippen molar-refractivity contribution in [3.8, 4) is 5.75 Å². The van der Waals surface area contributed by atoms with Crippen LogP contribution in [0.1, 0.15) is 23.6 Å². The van der Waals surface area contributed by atoms with Gasteiger partial charge in [-0.1, -0.05) is 59.6 Å². The number of carbonyl (C=O) groups is 2. The Hall–Kier alpha value is -3.02. The smallest absolute Gasteiger partial charge is 0.242 e. The number of carbonyl (C=O) groups excluding carboxylic acids is 2. The average molecular weight is 499 g/mol. The molecule has 7 heteroatoms. The van der Waals surface area contributed by atoms with Crippen LogP contribution in [0.25, 0.3) is 0 Å². The molecular weight excluding hydrogens is 471 g/mol. The van der Waals surface area contributed by atoms with E-state index in [1.54, 1.807) is 43.2 Å². The Morgan fingerprint density at radius 3 is 1.94 bits per heavy atom. The third-order valence-electron chi connectivity index (χ3n) is 5.57. The number of halogens is 2. The lowest BCUT2D eigenvalue weighted by molar-refractivity contribution is -0.140. The highest BCUT2D eigenvalue weighted by molar-refractivity contribution is 6.30. The molecule has 0 aromatic heterocycles. The minimum atomic E-state index is -0.647. The fraction of sp³-hybridized carbons (Fsp3) is 0.259. The molecule has 3 rings (SSSR count). The fourth-order valence-electron chi connectivity index (χ4n) is 3.52. The number of ether oxygens (including phenoxy) is 1. The van der Waals surface area contributed by atoms with Crippen molar-refractivity contribution in [3.63, 3.8) is 0 Å². The SMILES string of the molecule is COc1ccc(CCNC(=O)[C@H](C)N(Cc2ccc(Cl)cc2)C(=O)Cc2ccc(Cl)cc2)cc1. The zero-order chi connectivity index (χ0) is 24.5. The summed E-state index contributed by atoms with van der Waals surface area (Å²) in [5, 5.41) is 4.19. The van der Waals surface area contributed by atoms with Gasteiger partial charge in [0.15, 0.2) is 0 Å². The van der Waals surface area contributed by atoms with Crippen LogP contribution in [-0.2, 0) is 29.0 Å². The number of hydrogen-bond acceptors (Lipinski definition) is 3. The summed E-state index contributed by atoms with van der Waals surface area (Å²) in [6.45, 7) is 2.52. The fourth-order valence-corrected chi connectivity index (χ4v) is 3.77. The van der Waals surface area contributed by atoms with Crippen LogP contribution in [0.4, 0.5) is 0 Å². The molecule has 0 radical (unpaired) electrons. The van der Waals surface area contributed by atoms with Crippen molar-refractivity contribution in [1.82, 2.24) is 10.2 Å². The molecule has 5 nitrogen and oxygen atoms in total. The number of methoxy groups -OCH3 is 1. The van der Waals surface area contributed by atoms with Crippen molar-refractivity contribution in [2.24, 2.45) is 0 Å². The summed E-state index contributed by atoms with van der Waals surface area (Å²) in [6, 6.07) is 21.5. The molecule has 0 bridgehead atoms. The molecule has 1 atom stereocenters. The van der Waals surface area contributed by atoms with Crippen LogP contribution >= 0.6 is 23.2 Å². The van der Waals surface area contributed by atoms with Gasteiger partial charge < -0.3 is 15.0 Å². The highest BCUT2D eigenvalue weighted by Crippen LogP contribution is 2.17. The van der Waals surface area contributed by atoms with Gasteiger partial charge in [0.2, 0.25) is 11.8 Å². The van der Waals surface area contributed by atoms with Crippen LogP contribution in [0.2, 0.25) is 10.0 Å². The molecule has 0 saturated carbocycles. The van der Waals surface area contributed by atoms with E-state index in [0.29, 0.717) is 29.6 Å². The molecule has 34 heavy (non-hydrogen) atoms. The summed E-state index contributed by atoms with van der Waals surface area (Å²) in [4.78, 5) is 27.8. The van der Waals surface area contributed by atoms with E-state index >= 15 is 0 Å². The first-order chi connectivity index (χ1) is 16.4. The first-order valence-corrected chi connectivity index (χ1v) is 11.8. The minimum absolute atomic E-state index is 0.143. The Morgan fingerprint density at radius 2 is 1.38 bits per heavy atom. The van der Waals surface area contributed by atoms with E-state index in [2.05, 4.69) is 5.32 Å². The zero-order valence-corrected chi connectivity index (χ0v) is 20.8. The molecule has 0 unspecified atom stereocenters. The summed E-state index contributed by atoms with van der Waals surface area (Å²) in [6.07, 6.45) is 0.854. The summed E-state index contributed by atoms with van der Waals surface area (Å²) in [5.74, 6) is 0.445. The lowest BCUT2D eigenvalue weighted by Crippen LogP contribution is -2.48. The second kappa shape index (κ2) is 12.4. The van der Waals surface area contributed by atoms with Gasteiger partial charge >= 0.3 is 0 Å². The molecule has 3 aromatic carbocycles. The van der Waals surface area contributed by atoms with Gasteiger partial charge in [0.05, 0.1) is 13.5 Å². The van der Waals surface area contributed by atoms with Crippen molar-refractivity contribution in [3.05, 3.63) is 99.5 Å². The Morgan fingerprint density at radius 1 is 0.853 bits per heavy atom. The largest absolute Gasteiger partial charge is 0.497 e. The molecular formula is C27H28Cl2N2O3. The van der Waals surface area contributed by atoms with Gasteiger partial charge in [-0.25, -0.2) is 0 Å². The van der Waals surface area contributed by atoms with Crippen molar-refractivity contribution >= 4 is 35.0 Å². The zero-order valence-electron chi connectivity index (χ0n) is 19.3. The van der Waals surface area contributed by atoms with Crippen molar-refractivity contribution in [1.29, 1.82) is 0 Å². The van der Waals surface area contributed by atoms with Crippen LogP contribution in [0, 0.1) is 0 Å². The Bertz CT molecular complexity index is 1080. The second-order valence-corrected chi connectivity index (χ2v) is 8.89. The van der Waals surface area contributed by atoms with Gasteiger partial charge in [0, 0.05) is 23.1 Å². The molecule has 0 heterocycles. The molecule has 178 valence electrons. The van der Waals surface area contributed by atoms with Crippen molar-refractivity contribution < 1.29 is 14.3 Å². The molecule has 3 aromatic rings. The van der Waals surface area contributed by atoms with Crippen LogP contribution in [0.3, 0.4) is 0 Å². The second-order valence-electron chi connectivity index (χ2n) is 8.02. The maximum atomic E-state index is 13.2. The summed E-state index contributed by atoms with van der Waals surface area (Å²) >= 11 is 12.0. The third kappa shape index (κ3) is 7.51. The Labute approximate surface area is 210 Å². The van der Waals surface area contributed by atoms with Gasteiger partial charge in [0.1, 0.15) is 11.8 Å². The summed E-state index contributed by atoms with van der Waals surface area (Å²) < 4.78 is 5.17. The van der Waals surface area contributed by atoms with Gasteiger partial charge in [-0.15, -0.1) is 0 Å². The van der Waals surface area contributed by atoms with Gasteiger partial charge in [-0.3, -0.25) is 9.59 Å². The molecule has 0 spiro atoms. The van der Waals surface area contributed by atoms with Crippen LogP contribution in [-0.4, -0.2) is 36.4 Å². The molecule has 2 amide bonds. The van der Waals surface area contributed by atoms with E-state index in [9.17, 15) is 9.59 Å². The lowest BCUT2D eigenvalue weighted by atomic mass is 10.1. The number of amides is 2. The topological polar surface area (TPSA) is 58.6 Å². The quantitative estimate of drug-likeness (QED) is 0.411. The average Bonchev–Trinajstić information content (AvgIpc) is 2.85. The monoisotopic (exact) mass is 498 g/mol. The lowest BCUT2D eigenvalue weighted by Gasteiger charge is -2.29. The molecule has 0 aliphatic carbocycles. The van der Waals surface area contributed by atoms with E-state index in [1.807, 2.05) is 48.5 Å². The standard InChI is InChI=1S/C27H28Cl2N2O3/c1-19(27(33)30-16-15-20-7-13-25(34-2)14-8-20)31(18-22-5-11-24(29)12-6-22)26(32)17-21-3-9-23(28)10-4-21/h3-14,19H,15-18H2,1-2H3,(H,30,33)/t19-/m0/s1. The first kappa shape index (κ1) is 25.6. The van der Waals surface area contributed by atoms with E-state index in [1.165, 1.54) is 0 Å². The van der Waals surface area contributed by atoms with E-state index < -0.39 is 6.04 Å². The van der Waals surface area contributed by atoms with Crippen molar-refractivity contribution in [2.45, 2.75) is 32.4 Å². The van der Waals surface area contributed by atoms with Gasteiger partial charge in [-0.05, 0) is 66.4 Å².